The number of esters is 1. The average Bonchev–Trinajstić information content (AvgIpc) is 3.48. The zero-order chi connectivity index (χ0) is 24.3. The fourth-order valence-electron chi connectivity index (χ4n) is 4.44. The number of para-hydroxylation sites is 1. The maximum Gasteiger partial charge on any atom is 0.379 e. The van der Waals surface area contributed by atoms with Crippen LogP contribution in [0.15, 0.2) is 77.0 Å². The quantitative estimate of drug-likeness (QED) is 0.162. The van der Waals surface area contributed by atoms with Crippen LogP contribution in [-0.4, -0.2) is 16.3 Å². The van der Waals surface area contributed by atoms with Crippen molar-refractivity contribution in [1.29, 1.82) is 0 Å². The van der Waals surface area contributed by atoms with Crippen LogP contribution >= 0.6 is 11.6 Å². The first-order chi connectivity index (χ1) is 16.9. The van der Waals surface area contributed by atoms with E-state index in [0.717, 1.165) is 16.5 Å². The number of aromatic nitrogens is 1. The number of allylic oxidation sites excluding steroid dienone is 1. The van der Waals surface area contributed by atoms with E-state index in [2.05, 4.69) is 0 Å². The standard InChI is InChI=1S/C28H18ClNO5/c1-15-9-19(33-28(32)25-11-16-10-18(29)7-8-22(16)34-25)13-23-26(15)27(31)24(35-23)12-17-14-30(2)21-6-4-3-5-20(17)21/h3-14H,1-2H3/b24-12-. The zero-order valence-corrected chi connectivity index (χ0v) is 19.6. The Morgan fingerprint density at radius 3 is 2.77 bits per heavy atom. The summed E-state index contributed by atoms with van der Waals surface area (Å²) in [5, 5.41) is 2.27. The molecule has 3 aromatic carbocycles. The Labute approximate surface area is 204 Å². The minimum Gasteiger partial charge on any atom is -0.452 e. The van der Waals surface area contributed by atoms with Gasteiger partial charge < -0.3 is 18.5 Å². The van der Waals surface area contributed by atoms with Gasteiger partial charge in [0.15, 0.2) is 5.76 Å². The van der Waals surface area contributed by atoms with Gasteiger partial charge in [0, 0.05) is 46.2 Å². The van der Waals surface area contributed by atoms with Gasteiger partial charge in [-0.15, -0.1) is 0 Å². The number of benzene rings is 3. The normalized spacial score (nSPS) is 14.0. The number of ketones is 1. The van der Waals surface area contributed by atoms with Crippen molar-refractivity contribution in [2.45, 2.75) is 6.92 Å². The van der Waals surface area contributed by atoms with E-state index in [0.29, 0.717) is 32.9 Å². The lowest BCUT2D eigenvalue weighted by molar-refractivity contribution is 0.0703. The third-order valence-corrected chi connectivity index (χ3v) is 6.28. The Bertz CT molecular complexity index is 1720. The molecule has 0 amide bonds. The van der Waals surface area contributed by atoms with Crippen LogP contribution in [0.4, 0.5) is 0 Å². The van der Waals surface area contributed by atoms with Gasteiger partial charge in [-0.25, -0.2) is 4.79 Å². The van der Waals surface area contributed by atoms with E-state index in [1.807, 2.05) is 42.1 Å². The summed E-state index contributed by atoms with van der Waals surface area (Å²) in [5.74, 6) is 0.000611. The number of ether oxygens (including phenoxy) is 2. The monoisotopic (exact) mass is 483 g/mol. The van der Waals surface area contributed by atoms with Crippen molar-refractivity contribution in [3.63, 3.8) is 0 Å². The molecular weight excluding hydrogens is 466 g/mol. The molecule has 0 saturated heterocycles. The molecule has 2 aromatic heterocycles. The smallest absolute Gasteiger partial charge is 0.379 e. The zero-order valence-electron chi connectivity index (χ0n) is 18.8. The number of nitrogens with zero attached hydrogens (tertiary/aromatic N) is 1. The molecule has 6 rings (SSSR count). The van der Waals surface area contributed by atoms with Gasteiger partial charge in [0.1, 0.15) is 17.1 Å². The van der Waals surface area contributed by atoms with Gasteiger partial charge in [-0.1, -0.05) is 29.8 Å². The van der Waals surface area contributed by atoms with Crippen LogP contribution in [0.5, 0.6) is 11.5 Å². The van der Waals surface area contributed by atoms with Crippen LogP contribution in [0, 0.1) is 6.92 Å². The Kier molecular flexibility index (Phi) is 4.79. The van der Waals surface area contributed by atoms with Crippen molar-refractivity contribution >= 4 is 51.3 Å². The molecule has 172 valence electrons. The molecule has 0 saturated carbocycles. The van der Waals surface area contributed by atoms with E-state index >= 15 is 0 Å². The van der Waals surface area contributed by atoms with Gasteiger partial charge in [-0.05, 0) is 55.0 Å². The summed E-state index contributed by atoms with van der Waals surface area (Å²) >= 11 is 6.01. The molecule has 3 heterocycles. The number of furan rings is 1. The molecule has 0 N–H and O–H groups in total. The molecule has 5 aromatic rings. The molecule has 1 aliphatic heterocycles. The summed E-state index contributed by atoms with van der Waals surface area (Å²) < 4.78 is 19.1. The molecule has 0 fully saturated rings. The largest absolute Gasteiger partial charge is 0.452 e. The van der Waals surface area contributed by atoms with Crippen molar-refractivity contribution in [3.05, 3.63) is 100 Å². The minimum atomic E-state index is -0.660. The van der Waals surface area contributed by atoms with Gasteiger partial charge >= 0.3 is 5.97 Å². The second-order valence-corrected chi connectivity index (χ2v) is 8.88. The van der Waals surface area contributed by atoms with E-state index in [-0.39, 0.29) is 23.1 Å². The van der Waals surface area contributed by atoms with E-state index in [1.165, 1.54) is 0 Å². The van der Waals surface area contributed by atoms with E-state index in [4.69, 9.17) is 25.5 Å². The second kappa shape index (κ2) is 7.89. The van der Waals surface area contributed by atoms with Crippen molar-refractivity contribution in [3.8, 4) is 11.5 Å². The molecule has 0 spiro atoms. The highest BCUT2D eigenvalue weighted by Crippen LogP contribution is 2.38. The fraction of sp³-hybridized carbons (Fsp3) is 0.0714. The van der Waals surface area contributed by atoms with Crippen molar-refractivity contribution in [2.75, 3.05) is 0 Å². The SMILES string of the molecule is Cc1cc(OC(=O)c2cc3cc(Cl)ccc3o2)cc2c1C(=O)/C(=C/c1cn(C)c3ccccc13)O2. The van der Waals surface area contributed by atoms with Gasteiger partial charge in [0.05, 0.1) is 5.56 Å². The number of hydrogen-bond acceptors (Lipinski definition) is 5. The van der Waals surface area contributed by atoms with Crippen LogP contribution < -0.4 is 9.47 Å². The highest BCUT2D eigenvalue weighted by Gasteiger charge is 2.31. The molecule has 0 atom stereocenters. The number of aryl methyl sites for hydroxylation is 2. The number of halogens is 1. The van der Waals surface area contributed by atoms with Crippen LogP contribution in [0.1, 0.15) is 32.0 Å². The summed E-state index contributed by atoms with van der Waals surface area (Å²) in [7, 11) is 1.96. The average molecular weight is 484 g/mol. The fourth-order valence-corrected chi connectivity index (χ4v) is 4.62. The summed E-state index contributed by atoms with van der Waals surface area (Å²) in [6.45, 7) is 1.78. The van der Waals surface area contributed by atoms with Crippen LogP contribution in [0.25, 0.3) is 27.9 Å². The molecule has 0 bridgehead atoms. The maximum absolute atomic E-state index is 13.1. The van der Waals surface area contributed by atoms with E-state index < -0.39 is 5.97 Å². The van der Waals surface area contributed by atoms with E-state index in [1.54, 1.807) is 49.4 Å². The number of carbonyl (C=O) groups excluding carboxylic acids is 2. The van der Waals surface area contributed by atoms with Crippen molar-refractivity contribution in [1.82, 2.24) is 4.57 Å². The van der Waals surface area contributed by atoms with Crippen molar-refractivity contribution in [2.24, 2.45) is 7.05 Å². The predicted octanol–water partition coefficient (Wildman–Crippen LogP) is 6.72. The lowest BCUT2D eigenvalue weighted by atomic mass is 10.0. The number of hydrogen-bond donors (Lipinski definition) is 0. The number of fused-ring (bicyclic) bond motifs is 3. The lowest BCUT2D eigenvalue weighted by Gasteiger charge is -2.06. The van der Waals surface area contributed by atoms with E-state index in [9.17, 15) is 9.59 Å². The topological polar surface area (TPSA) is 70.7 Å². The molecule has 1 aliphatic rings. The Balaban J connectivity index is 1.30. The summed E-state index contributed by atoms with van der Waals surface area (Å²) in [4.78, 5) is 25.8. The molecule has 0 unspecified atom stereocenters. The second-order valence-electron chi connectivity index (χ2n) is 8.45. The first-order valence-electron chi connectivity index (χ1n) is 10.9. The Morgan fingerprint density at radius 2 is 1.91 bits per heavy atom. The van der Waals surface area contributed by atoms with Gasteiger partial charge in [0.2, 0.25) is 11.5 Å². The van der Waals surface area contributed by atoms with Crippen LogP contribution in [0.2, 0.25) is 5.02 Å². The Hall–Kier alpha value is -4.29. The van der Waals surface area contributed by atoms with Gasteiger partial charge in [-0.2, -0.15) is 0 Å². The molecule has 6 nitrogen and oxygen atoms in total. The minimum absolute atomic E-state index is 0.0500. The number of carbonyl (C=O) groups is 2. The highest BCUT2D eigenvalue weighted by atomic mass is 35.5. The first-order valence-corrected chi connectivity index (χ1v) is 11.3. The van der Waals surface area contributed by atoms with Crippen LogP contribution in [-0.2, 0) is 7.05 Å². The summed E-state index contributed by atoms with van der Waals surface area (Å²) in [5.41, 5.74) is 3.57. The lowest BCUT2D eigenvalue weighted by Crippen LogP contribution is -2.07. The van der Waals surface area contributed by atoms with Gasteiger partial charge in [-0.3, -0.25) is 4.79 Å². The highest BCUT2D eigenvalue weighted by molar-refractivity contribution is 6.31. The van der Waals surface area contributed by atoms with Gasteiger partial charge in [0.25, 0.3) is 0 Å². The first kappa shape index (κ1) is 21.3. The molecule has 7 heteroatoms. The Morgan fingerprint density at radius 1 is 1.09 bits per heavy atom. The third kappa shape index (κ3) is 3.59. The molecule has 35 heavy (non-hydrogen) atoms. The van der Waals surface area contributed by atoms with Crippen molar-refractivity contribution < 1.29 is 23.5 Å². The van der Waals surface area contributed by atoms with Crippen LogP contribution in [0.3, 0.4) is 0 Å². The number of Topliss-reactive ketones (excluding diaryl/α,β-unsaturated/α-hetero) is 1. The third-order valence-electron chi connectivity index (χ3n) is 6.05. The number of rotatable bonds is 3. The maximum atomic E-state index is 13.1. The summed E-state index contributed by atoms with van der Waals surface area (Å²) in [6.07, 6.45) is 3.70. The predicted molar refractivity (Wildman–Crippen MR) is 133 cm³/mol. The molecule has 0 radical (unpaired) electrons. The molecule has 0 aliphatic carbocycles. The molecular formula is C28H18ClNO5. The summed E-state index contributed by atoms with van der Waals surface area (Å²) in [6, 6.07) is 17.8.